The lowest BCUT2D eigenvalue weighted by atomic mass is 10.0. The molecule has 1 heterocycles. The zero-order chi connectivity index (χ0) is 18.6. The number of thioether (sulfide) groups is 1. The molecule has 0 saturated carbocycles. The molecule has 0 amide bonds. The molecule has 0 radical (unpaired) electrons. The van der Waals surface area contributed by atoms with E-state index in [1.807, 2.05) is 6.26 Å². The Bertz CT molecular complexity index is 536. The van der Waals surface area contributed by atoms with Crippen molar-refractivity contribution in [1.29, 1.82) is 0 Å². The molecular formula is C17H26F3N3OS. The van der Waals surface area contributed by atoms with Crippen molar-refractivity contribution in [3.05, 3.63) is 23.8 Å². The first-order valence-corrected chi connectivity index (χ1v) is 9.67. The van der Waals surface area contributed by atoms with Crippen LogP contribution in [0.4, 0.5) is 13.2 Å². The molecule has 25 heavy (non-hydrogen) atoms. The number of piperazine rings is 1. The summed E-state index contributed by atoms with van der Waals surface area (Å²) in [6.07, 6.45) is 1.81. The van der Waals surface area contributed by atoms with Crippen molar-refractivity contribution in [1.82, 2.24) is 9.80 Å². The van der Waals surface area contributed by atoms with Crippen LogP contribution in [0.25, 0.3) is 0 Å². The van der Waals surface area contributed by atoms with Gasteiger partial charge in [-0.3, -0.25) is 9.89 Å². The molecule has 0 aromatic rings. The number of nitrogens with zero attached hydrogens (tertiary/aromatic N) is 3. The van der Waals surface area contributed by atoms with Crippen LogP contribution in [-0.2, 0) is 0 Å². The first kappa shape index (κ1) is 20.3. The Hall–Kier alpha value is -0.990. The summed E-state index contributed by atoms with van der Waals surface area (Å²) in [6, 6.07) is 0.203. The molecule has 0 spiro atoms. The third-order valence-electron chi connectivity index (χ3n) is 4.50. The second-order valence-electron chi connectivity index (χ2n) is 6.52. The van der Waals surface area contributed by atoms with E-state index in [9.17, 15) is 13.2 Å². The minimum Gasteiger partial charge on any atom is -0.395 e. The summed E-state index contributed by atoms with van der Waals surface area (Å²) in [5.74, 6) is 0. The summed E-state index contributed by atoms with van der Waals surface area (Å²) in [6.45, 7) is 6.70. The van der Waals surface area contributed by atoms with Gasteiger partial charge in [0.2, 0.25) is 0 Å². The van der Waals surface area contributed by atoms with Crippen LogP contribution in [0.5, 0.6) is 0 Å². The molecule has 1 aliphatic carbocycles. The van der Waals surface area contributed by atoms with E-state index in [0.29, 0.717) is 6.54 Å². The van der Waals surface area contributed by atoms with Crippen molar-refractivity contribution in [2.45, 2.75) is 44.6 Å². The number of halogens is 3. The van der Waals surface area contributed by atoms with Crippen molar-refractivity contribution < 1.29 is 18.3 Å². The highest BCUT2D eigenvalue weighted by Crippen LogP contribution is 2.30. The standard InChI is InChI=1S/C17H26F3N3OS/c1-12-10-22(8-9-24)11-13(2)23(12)16(25-3)21-15-6-4-14(5-7-15)17(18,19)20/h4-6,12-13,15,24H,7-11H2,1-3H3/b21-16-/t12-,13+,15?. The number of aliphatic imine (C=N–C) groups is 1. The maximum atomic E-state index is 12.7. The second-order valence-corrected chi connectivity index (χ2v) is 7.30. The summed E-state index contributed by atoms with van der Waals surface area (Å²) in [5.41, 5.74) is -0.594. The van der Waals surface area contributed by atoms with Crippen LogP contribution in [0.3, 0.4) is 0 Å². The molecule has 2 rings (SSSR count). The van der Waals surface area contributed by atoms with Gasteiger partial charge in [-0.2, -0.15) is 13.2 Å². The van der Waals surface area contributed by atoms with E-state index in [1.165, 1.54) is 23.9 Å². The van der Waals surface area contributed by atoms with E-state index < -0.39 is 11.7 Å². The van der Waals surface area contributed by atoms with Gasteiger partial charge >= 0.3 is 6.18 Å². The average Bonchev–Trinajstić information content (AvgIpc) is 2.53. The number of hydrogen-bond acceptors (Lipinski definition) is 4. The van der Waals surface area contributed by atoms with Gasteiger partial charge < -0.3 is 10.0 Å². The van der Waals surface area contributed by atoms with E-state index in [1.54, 1.807) is 0 Å². The van der Waals surface area contributed by atoms with Crippen molar-refractivity contribution in [3.63, 3.8) is 0 Å². The number of rotatable bonds is 3. The molecule has 1 N–H and O–H groups in total. The summed E-state index contributed by atoms with van der Waals surface area (Å²) in [7, 11) is 0. The molecule has 3 atom stereocenters. The molecule has 1 aliphatic heterocycles. The number of alkyl halides is 3. The molecule has 1 saturated heterocycles. The molecule has 0 aromatic heterocycles. The van der Waals surface area contributed by atoms with Gasteiger partial charge in [0.25, 0.3) is 0 Å². The van der Waals surface area contributed by atoms with Crippen LogP contribution >= 0.6 is 11.8 Å². The van der Waals surface area contributed by atoms with Gasteiger partial charge in [-0.1, -0.05) is 30.0 Å². The van der Waals surface area contributed by atoms with Crippen molar-refractivity contribution in [2.75, 3.05) is 32.5 Å². The number of aliphatic hydroxyl groups excluding tert-OH is 1. The van der Waals surface area contributed by atoms with Crippen LogP contribution in [0.2, 0.25) is 0 Å². The largest absolute Gasteiger partial charge is 0.416 e. The first-order valence-electron chi connectivity index (χ1n) is 8.45. The molecule has 142 valence electrons. The minimum absolute atomic E-state index is 0.143. The van der Waals surface area contributed by atoms with Gasteiger partial charge in [0.15, 0.2) is 5.17 Å². The summed E-state index contributed by atoms with van der Waals surface area (Å²) >= 11 is 1.53. The van der Waals surface area contributed by atoms with E-state index in [-0.39, 0.29) is 31.2 Å². The smallest absolute Gasteiger partial charge is 0.395 e. The van der Waals surface area contributed by atoms with E-state index >= 15 is 0 Å². The highest BCUT2D eigenvalue weighted by Gasteiger charge is 2.34. The molecule has 8 heteroatoms. The normalized spacial score (nSPS) is 29.1. The van der Waals surface area contributed by atoms with E-state index in [2.05, 4.69) is 23.6 Å². The molecule has 1 fully saturated rings. The Morgan fingerprint density at radius 1 is 1.32 bits per heavy atom. The Kier molecular flexibility index (Phi) is 6.99. The van der Waals surface area contributed by atoms with Gasteiger partial charge in [0.1, 0.15) is 0 Å². The number of amidine groups is 1. The highest BCUT2D eigenvalue weighted by molar-refractivity contribution is 8.13. The summed E-state index contributed by atoms with van der Waals surface area (Å²) in [5, 5.41) is 9.99. The van der Waals surface area contributed by atoms with E-state index in [4.69, 9.17) is 10.1 Å². The predicted octanol–water partition coefficient (Wildman–Crippen LogP) is 2.91. The zero-order valence-electron chi connectivity index (χ0n) is 14.8. The third kappa shape index (κ3) is 5.24. The lowest BCUT2D eigenvalue weighted by Gasteiger charge is -2.45. The van der Waals surface area contributed by atoms with Gasteiger partial charge in [-0.15, -0.1) is 0 Å². The fourth-order valence-corrected chi connectivity index (χ4v) is 4.23. The van der Waals surface area contributed by atoms with Crippen molar-refractivity contribution in [2.24, 2.45) is 4.99 Å². The topological polar surface area (TPSA) is 39.1 Å². The number of allylic oxidation sites excluding steroid dienone is 2. The molecule has 1 unspecified atom stereocenters. The first-order chi connectivity index (χ1) is 11.8. The second kappa shape index (κ2) is 8.60. The Morgan fingerprint density at radius 2 is 1.96 bits per heavy atom. The van der Waals surface area contributed by atoms with Crippen LogP contribution < -0.4 is 0 Å². The number of β-amino-alcohol motifs (C(OH)–C–C–N with tert-alkyl or cyclic N) is 1. The van der Waals surface area contributed by atoms with Crippen LogP contribution in [-0.4, -0.2) is 76.9 Å². The van der Waals surface area contributed by atoms with Crippen LogP contribution in [0.1, 0.15) is 20.3 Å². The van der Waals surface area contributed by atoms with Gasteiger partial charge in [0, 0.05) is 31.7 Å². The predicted molar refractivity (Wildman–Crippen MR) is 96.9 cm³/mol. The average molecular weight is 377 g/mol. The van der Waals surface area contributed by atoms with Gasteiger partial charge in [-0.25, -0.2) is 0 Å². The highest BCUT2D eigenvalue weighted by atomic mass is 32.2. The number of hydrogen-bond donors (Lipinski definition) is 1. The molecule has 2 aliphatic rings. The SMILES string of the molecule is CS/C(=N\C1C=CC(C(F)(F)F)=CC1)N1[C@H](C)CN(CCO)C[C@@H]1C. The van der Waals surface area contributed by atoms with Gasteiger partial charge in [-0.05, 0) is 26.5 Å². The fraction of sp³-hybridized carbons (Fsp3) is 0.706. The summed E-state index contributed by atoms with van der Waals surface area (Å²) in [4.78, 5) is 9.18. The Labute approximate surface area is 151 Å². The third-order valence-corrected chi connectivity index (χ3v) is 5.18. The van der Waals surface area contributed by atoms with Crippen LogP contribution in [0, 0.1) is 0 Å². The lowest BCUT2D eigenvalue weighted by molar-refractivity contribution is -0.0886. The zero-order valence-corrected chi connectivity index (χ0v) is 15.6. The minimum atomic E-state index is -4.29. The fourth-order valence-electron chi connectivity index (χ4n) is 3.41. The molecule has 4 nitrogen and oxygen atoms in total. The molecule has 0 bridgehead atoms. The van der Waals surface area contributed by atoms with E-state index in [0.717, 1.165) is 24.3 Å². The van der Waals surface area contributed by atoms with Crippen LogP contribution in [0.15, 0.2) is 28.8 Å². The van der Waals surface area contributed by atoms with Crippen molar-refractivity contribution >= 4 is 16.9 Å². The Morgan fingerprint density at radius 3 is 2.40 bits per heavy atom. The number of aliphatic hydroxyl groups is 1. The van der Waals surface area contributed by atoms with Gasteiger partial charge in [0.05, 0.1) is 18.2 Å². The maximum Gasteiger partial charge on any atom is 0.416 e. The van der Waals surface area contributed by atoms with Crippen molar-refractivity contribution in [3.8, 4) is 0 Å². The lowest BCUT2D eigenvalue weighted by Crippen LogP contribution is -2.58. The molecule has 0 aromatic carbocycles. The molecular weight excluding hydrogens is 351 g/mol. The quantitative estimate of drug-likeness (QED) is 0.606. The maximum absolute atomic E-state index is 12.7. The Balaban J connectivity index is 2.08. The monoisotopic (exact) mass is 377 g/mol. The summed E-state index contributed by atoms with van der Waals surface area (Å²) < 4.78 is 38.1.